The molecule has 0 aliphatic carbocycles. The summed E-state index contributed by atoms with van der Waals surface area (Å²) in [5.74, 6) is 0. The molecule has 13 heavy (non-hydrogen) atoms. The number of hydrogen-bond acceptors (Lipinski definition) is 0. The molecule has 0 aliphatic rings. The van der Waals surface area contributed by atoms with Crippen molar-refractivity contribution in [3.8, 4) is 0 Å². The summed E-state index contributed by atoms with van der Waals surface area (Å²) in [5.41, 5.74) is 0. The van der Waals surface area contributed by atoms with Crippen LogP contribution in [-0.4, -0.2) is 56.4 Å². The van der Waals surface area contributed by atoms with E-state index in [2.05, 4.69) is 21.3 Å². The molecule has 0 saturated carbocycles. The zero-order chi connectivity index (χ0) is 10.8. The van der Waals surface area contributed by atoms with Gasteiger partial charge in [0.25, 0.3) is 0 Å². The minimum Gasteiger partial charge on any atom is -0.668 e. The van der Waals surface area contributed by atoms with Crippen molar-refractivity contribution in [1.82, 2.24) is 0 Å². The first-order valence-electron chi connectivity index (χ1n) is 3.58. The molecule has 0 heterocycles. The van der Waals surface area contributed by atoms with Gasteiger partial charge in [0.15, 0.2) is 0 Å². The molecule has 0 fully saturated rings. The Morgan fingerprint density at radius 2 is 0.385 bits per heavy atom. The molecule has 5 heteroatoms. The first-order chi connectivity index (χ1) is 5.66. The minimum absolute atomic E-state index is 0. The van der Waals surface area contributed by atoms with Crippen LogP contribution in [0.3, 0.4) is 0 Å². The van der Waals surface area contributed by atoms with Crippen LogP contribution in [-0.2, 0) is 16.8 Å². The molecule has 0 aliphatic heterocycles. The summed E-state index contributed by atoms with van der Waals surface area (Å²) in [7, 11) is 14.0. The monoisotopic (exact) mass is 235 g/mol. The Morgan fingerprint density at radius 1 is 0.385 bits per heavy atom. The van der Waals surface area contributed by atoms with Gasteiger partial charge in [0.05, 0.1) is 0 Å². The molecular formula is C8H24CoN4-4. The van der Waals surface area contributed by atoms with Gasteiger partial charge in [-0.1, -0.05) is 0 Å². The SMILES string of the molecule is C[N-]C.C[N-]C.C[N-]C.C[N-]C.[Co]. The molecule has 0 aromatic rings. The number of nitrogens with zero attached hydrogens (tertiary/aromatic N) is 4. The van der Waals surface area contributed by atoms with Gasteiger partial charge in [-0.2, -0.15) is 56.4 Å². The summed E-state index contributed by atoms with van der Waals surface area (Å²) in [6, 6.07) is 0. The summed E-state index contributed by atoms with van der Waals surface area (Å²) < 4.78 is 0. The second-order valence-corrected chi connectivity index (χ2v) is 1.79. The topological polar surface area (TPSA) is 56.4 Å². The van der Waals surface area contributed by atoms with E-state index in [4.69, 9.17) is 0 Å². The van der Waals surface area contributed by atoms with E-state index in [1.54, 1.807) is 56.4 Å². The van der Waals surface area contributed by atoms with E-state index in [1.807, 2.05) is 0 Å². The molecule has 0 unspecified atom stereocenters. The van der Waals surface area contributed by atoms with Crippen molar-refractivity contribution in [3.05, 3.63) is 21.3 Å². The molecule has 0 bridgehead atoms. The van der Waals surface area contributed by atoms with Crippen LogP contribution in [0.4, 0.5) is 0 Å². The average molecular weight is 235 g/mol. The Balaban J connectivity index is -0.0000000213. The van der Waals surface area contributed by atoms with Gasteiger partial charge in [0, 0.05) is 16.8 Å². The maximum Gasteiger partial charge on any atom is 0 e. The largest absolute Gasteiger partial charge is 0.668 e. The van der Waals surface area contributed by atoms with Gasteiger partial charge in [0.1, 0.15) is 0 Å². The summed E-state index contributed by atoms with van der Waals surface area (Å²) in [5, 5.41) is 14.0. The molecule has 0 rings (SSSR count). The van der Waals surface area contributed by atoms with Crippen LogP contribution in [0.5, 0.6) is 0 Å². The van der Waals surface area contributed by atoms with Gasteiger partial charge in [-0.25, -0.2) is 0 Å². The maximum atomic E-state index is 3.50. The molecular weight excluding hydrogens is 211 g/mol. The molecule has 4 nitrogen and oxygen atoms in total. The van der Waals surface area contributed by atoms with E-state index in [0.717, 1.165) is 0 Å². The third kappa shape index (κ3) is 11000. The van der Waals surface area contributed by atoms with Crippen molar-refractivity contribution in [3.63, 3.8) is 0 Å². The third-order valence-electron chi connectivity index (χ3n) is 0. The molecule has 89 valence electrons. The van der Waals surface area contributed by atoms with Crippen LogP contribution in [0.1, 0.15) is 0 Å². The van der Waals surface area contributed by atoms with Crippen LogP contribution in [0.15, 0.2) is 0 Å². The zero-order valence-corrected chi connectivity index (χ0v) is 11.2. The van der Waals surface area contributed by atoms with Gasteiger partial charge in [-0.3, -0.25) is 0 Å². The number of rotatable bonds is 0. The summed E-state index contributed by atoms with van der Waals surface area (Å²) >= 11 is 0. The van der Waals surface area contributed by atoms with Gasteiger partial charge < -0.3 is 21.3 Å². The predicted octanol–water partition coefficient (Wildman–Crippen LogP) is 2.48. The molecule has 0 aromatic heterocycles. The summed E-state index contributed by atoms with van der Waals surface area (Å²) in [6.07, 6.45) is 0. The summed E-state index contributed by atoms with van der Waals surface area (Å²) in [6.45, 7) is 0. The van der Waals surface area contributed by atoms with Crippen molar-refractivity contribution < 1.29 is 16.8 Å². The Bertz CT molecular complexity index is 24.1. The predicted molar refractivity (Wildman–Crippen MR) is 60.8 cm³/mol. The van der Waals surface area contributed by atoms with Crippen LogP contribution in [0.25, 0.3) is 21.3 Å². The Kier molecular flexibility index (Phi) is 189. The summed E-state index contributed by atoms with van der Waals surface area (Å²) in [4.78, 5) is 0. The molecule has 1 radical (unpaired) electrons. The van der Waals surface area contributed by atoms with Gasteiger partial charge in [-0.15, -0.1) is 0 Å². The molecule has 0 N–H and O–H groups in total. The average Bonchev–Trinajstić information content (AvgIpc) is 1.92. The minimum atomic E-state index is 0. The smallest absolute Gasteiger partial charge is 0 e. The van der Waals surface area contributed by atoms with Crippen LogP contribution in [0.2, 0.25) is 0 Å². The number of hydrogen-bond donors (Lipinski definition) is 0. The molecule has 0 saturated heterocycles. The molecule has 0 spiro atoms. The van der Waals surface area contributed by atoms with Crippen LogP contribution < -0.4 is 0 Å². The zero-order valence-electron chi connectivity index (χ0n) is 10.1. The Morgan fingerprint density at radius 3 is 0.385 bits per heavy atom. The van der Waals surface area contributed by atoms with Gasteiger partial charge >= 0.3 is 0 Å². The fourth-order valence-corrected chi connectivity index (χ4v) is 0. The van der Waals surface area contributed by atoms with Crippen molar-refractivity contribution in [2.24, 2.45) is 0 Å². The van der Waals surface area contributed by atoms with Gasteiger partial charge in [-0.05, 0) is 0 Å². The van der Waals surface area contributed by atoms with Crippen molar-refractivity contribution in [2.45, 2.75) is 0 Å². The first-order valence-corrected chi connectivity index (χ1v) is 3.58. The van der Waals surface area contributed by atoms with E-state index in [0.29, 0.717) is 0 Å². The standard InChI is InChI=1S/4C2H6N.Co/c4*1-3-2;/h4*1-2H3;/q4*-1;. The van der Waals surface area contributed by atoms with Crippen molar-refractivity contribution in [1.29, 1.82) is 0 Å². The van der Waals surface area contributed by atoms with E-state index in [9.17, 15) is 0 Å². The van der Waals surface area contributed by atoms with E-state index >= 15 is 0 Å². The first kappa shape index (κ1) is 29.2. The molecule has 0 aromatic carbocycles. The Hall–Kier alpha value is 0.346. The maximum absolute atomic E-state index is 3.50. The fraction of sp³-hybridized carbons (Fsp3) is 1.00. The second kappa shape index (κ2) is 84.1. The van der Waals surface area contributed by atoms with Crippen molar-refractivity contribution >= 4 is 0 Å². The van der Waals surface area contributed by atoms with Crippen LogP contribution in [0, 0.1) is 0 Å². The quantitative estimate of drug-likeness (QED) is 0.619. The fourth-order valence-electron chi connectivity index (χ4n) is 0. The van der Waals surface area contributed by atoms with E-state index in [-0.39, 0.29) is 16.8 Å². The Labute approximate surface area is 94.8 Å². The van der Waals surface area contributed by atoms with Crippen molar-refractivity contribution in [2.75, 3.05) is 56.4 Å². The van der Waals surface area contributed by atoms with Crippen LogP contribution >= 0.6 is 0 Å². The second-order valence-electron chi connectivity index (χ2n) is 1.79. The third-order valence-corrected chi connectivity index (χ3v) is 0. The normalized spacial score (nSPS) is 5.54. The van der Waals surface area contributed by atoms with E-state index in [1.165, 1.54) is 0 Å². The molecule has 0 atom stereocenters. The van der Waals surface area contributed by atoms with E-state index < -0.39 is 0 Å². The molecule has 0 amide bonds. The van der Waals surface area contributed by atoms with Gasteiger partial charge in [0.2, 0.25) is 0 Å².